The maximum Gasteiger partial charge on any atom is 0.333 e. The van der Waals surface area contributed by atoms with Crippen molar-refractivity contribution < 1.29 is 9.53 Å². The third-order valence-corrected chi connectivity index (χ3v) is 5.69. The summed E-state index contributed by atoms with van der Waals surface area (Å²) in [5.74, 6) is 0.259. The van der Waals surface area contributed by atoms with Crippen molar-refractivity contribution in [3.8, 4) is 0 Å². The molecule has 0 fully saturated rings. The lowest BCUT2D eigenvalue weighted by Crippen LogP contribution is -2.42. The highest BCUT2D eigenvalue weighted by atomic mass is 16.5. The summed E-state index contributed by atoms with van der Waals surface area (Å²) in [6.45, 7) is 7.01. The van der Waals surface area contributed by atoms with E-state index in [9.17, 15) is 14.4 Å². The second kappa shape index (κ2) is 8.05. The van der Waals surface area contributed by atoms with E-state index in [1.807, 2.05) is 4.57 Å². The molecule has 31 heavy (non-hydrogen) atoms. The molecule has 0 N–H and O–H groups in total. The lowest BCUT2D eigenvalue weighted by Gasteiger charge is -2.33. The number of anilines is 2. The Kier molecular flexibility index (Phi) is 5.43. The number of aromatic nitrogens is 4. The Balaban J connectivity index is 1.90. The van der Waals surface area contributed by atoms with Gasteiger partial charge in [0.05, 0.1) is 6.61 Å². The maximum atomic E-state index is 13.3. The van der Waals surface area contributed by atoms with Crippen molar-refractivity contribution in [1.29, 1.82) is 0 Å². The van der Waals surface area contributed by atoms with Gasteiger partial charge in [0.25, 0.3) is 5.56 Å². The molecule has 0 unspecified atom stereocenters. The Morgan fingerprint density at radius 2 is 1.87 bits per heavy atom. The average molecular weight is 425 g/mol. The third kappa shape index (κ3) is 3.54. The topological polar surface area (TPSA) is 91.4 Å². The Morgan fingerprint density at radius 3 is 2.52 bits per heavy atom. The fourth-order valence-corrected chi connectivity index (χ4v) is 4.11. The standard InChI is InChI=1S/C22H27N5O4/c1-5-15-7-9-16(10-8-15)25-11-14(3)12-26-18-19(23-21(25)26)24(4)22(30)27(20(18)29)13-17(28)31-6-2/h7-10,14H,5-6,11-13H2,1-4H3/t14-/m1/s1. The zero-order chi connectivity index (χ0) is 22.3. The minimum absolute atomic E-state index is 0.182. The van der Waals surface area contributed by atoms with Gasteiger partial charge in [-0.2, -0.15) is 4.98 Å². The predicted octanol–water partition coefficient (Wildman–Crippen LogP) is 1.81. The molecule has 0 saturated carbocycles. The summed E-state index contributed by atoms with van der Waals surface area (Å²) in [6.07, 6.45) is 0.956. The molecule has 4 rings (SSSR count). The van der Waals surface area contributed by atoms with Crippen LogP contribution in [0, 0.1) is 5.92 Å². The third-order valence-electron chi connectivity index (χ3n) is 5.69. The highest BCUT2D eigenvalue weighted by molar-refractivity contribution is 5.77. The van der Waals surface area contributed by atoms with E-state index in [0.29, 0.717) is 23.7 Å². The summed E-state index contributed by atoms with van der Waals surface area (Å²) in [6, 6.07) is 8.28. The van der Waals surface area contributed by atoms with Crippen LogP contribution in [0.15, 0.2) is 33.9 Å². The first-order valence-corrected chi connectivity index (χ1v) is 10.6. The van der Waals surface area contributed by atoms with Crippen LogP contribution >= 0.6 is 0 Å². The zero-order valence-electron chi connectivity index (χ0n) is 18.3. The Morgan fingerprint density at radius 1 is 1.16 bits per heavy atom. The highest BCUT2D eigenvalue weighted by Gasteiger charge is 2.30. The van der Waals surface area contributed by atoms with Gasteiger partial charge in [0.2, 0.25) is 5.95 Å². The van der Waals surface area contributed by atoms with Crippen molar-refractivity contribution >= 4 is 28.8 Å². The number of benzene rings is 1. The molecule has 1 aromatic carbocycles. The molecule has 2 aromatic heterocycles. The second-order valence-electron chi connectivity index (χ2n) is 7.97. The summed E-state index contributed by atoms with van der Waals surface area (Å²) < 4.78 is 9.05. The van der Waals surface area contributed by atoms with Crippen LogP contribution in [0.4, 0.5) is 11.6 Å². The number of nitrogens with zero attached hydrogens (tertiary/aromatic N) is 5. The van der Waals surface area contributed by atoms with E-state index in [-0.39, 0.29) is 12.5 Å². The average Bonchev–Trinajstić information content (AvgIpc) is 3.14. The molecule has 3 heterocycles. The summed E-state index contributed by atoms with van der Waals surface area (Å²) in [5, 5.41) is 0. The van der Waals surface area contributed by atoms with Crippen LogP contribution in [0.2, 0.25) is 0 Å². The fraction of sp³-hybridized carbons (Fsp3) is 0.455. The number of fused-ring (bicyclic) bond motifs is 3. The van der Waals surface area contributed by atoms with Gasteiger partial charge < -0.3 is 14.2 Å². The minimum atomic E-state index is -0.620. The molecule has 164 valence electrons. The van der Waals surface area contributed by atoms with Crippen LogP contribution in [0.5, 0.6) is 0 Å². The number of carbonyl (C=O) groups excluding carboxylic acids is 1. The molecule has 1 atom stereocenters. The van der Waals surface area contributed by atoms with Gasteiger partial charge in [-0.1, -0.05) is 26.0 Å². The van der Waals surface area contributed by atoms with Crippen molar-refractivity contribution in [2.24, 2.45) is 13.0 Å². The van der Waals surface area contributed by atoms with E-state index in [0.717, 1.165) is 23.2 Å². The Labute approximate surface area is 179 Å². The summed E-state index contributed by atoms with van der Waals surface area (Å²) >= 11 is 0. The molecular formula is C22H27N5O4. The van der Waals surface area contributed by atoms with E-state index in [2.05, 4.69) is 48.0 Å². The maximum absolute atomic E-state index is 13.3. The van der Waals surface area contributed by atoms with Crippen LogP contribution in [-0.2, 0) is 36.1 Å². The fourth-order valence-electron chi connectivity index (χ4n) is 4.11. The molecule has 0 amide bonds. The molecular weight excluding hydrogens is 398 g/mol. The normalized spacial score (nSPS) is 15.9. The smallest absolute Gasteiger partial charge is 0.333 e. The van der Waals surface area contributed by atoms with E-state index in [1.54, 1.807) is 14.0 Å². The van der Waals surface area contributed by atoms with Gasteiger partial charge in [0.1, 0.15) is 6.54 Å². The van der Waals surface area contributed by atoms with Crippen LogP contribution in [0.25, 0.3) is 11.2 Å². The van der Waals surface area contributed by atoms with E-state index < -0.39 is 23.8 Å². The number of rotatable bonds is 5. The zero-order valence-corrected chi connectivity index (χ0v) is 18.3. The summed E-state index contributed by atoms with van der Waals surface area (Å²) in [7, 11) is 1.56. The first kappa shape index (κ1) is 20.9. The van der Waals surface area contributed by atoms with Crippen molar-refractivity contribution in [2.45, 2.75) is 40.3 Å². The molecule has 0 spiro atoms. The lowest BCUT2D eigenvalue weighted by molar-refractivity contribution is -0.143. The van der Waals surface area contributed by atoms with Gasteiger partial charge in [0, 0.05) is 25.8 Å². The molecule has 1 aliphatic heterocycles. The van der Waals surface area contributed by atoms with E-state index >= 15 is 0 Å². The van der Waals surface area contributed by atoms with Crippen molar-refractivity contribution in [2.75, 3.05) is 18.1 Å². The highest BCUT2D eigenvalue weighted by Crippen LogP contribution is 2.32. The lowest BCUT2D eigenvalue weighted by atomic mass is 10.1. The SMILES string of the molecule is CCOC(=O)Cn1c(=O)c2c(nc3n2C[C@H](C)CN3c2ccc(CC)cc2)n(C)c1=O. The number of carbonyl (C=O) groups is 1. The molecule has 0 saturated heterocycles. The van der Waals surface area contributed by atoms with E-state index in [1.165, 1.54) is 10.1 Å². The molecule has 9 heteroatoms. The number of hydrogen-bond donors (Lipinski definition) is 0. The molecule has 3 aromatic rings. The molecule has 9 nitrogen and oxygen atoms in total. The second-order valence-corrected chi connectivity index (χ2v) is 7.97. The van der Waals surface area contributed by atoms with Crippen LogP contribution in [0.3, 0.4) is 0 Å². The number of ether oxygens (including phenoxy) is 1. The predicted molar refractivity (Wildman–Crippen MR) is 118 cm³/mol. The monoisotopic (exact) mass is 425 g/mol. The number of hydrogen-bond acceptors (Lipinski definition) is 6. The van der Waals surface area contributed by atoms with Gasteiger partial charge in [-0.15, -0.1) is 0 Å². The van der Waals surface area contributed by atoms with Crippen LogP contribution in [0.1, 0.15) is 26.3 Å². The van der Waals surface area contributed by atoms with Gasteiger partial charge in [-0.25, -0.2) is 9.36 Å². The van der Waals surface area contributed by atoms with Crippen molar-refractivity contribution in [3.63, 3.8) is 0 Å². The summed E-state index contributed by atoms with van der Waals surface area (Å²) in [4.78, 5) is 44.8. The first-order valence-electron chi connectivity index (χ1n) is 10.6. The van der Waals surface area contributed by atoms with E-state index in [4.69, 9.17) is 4.74 Å². The van der Waals surface area contributed by atoms with Gasteiger partial charge in [-0.3, -0.25) is 14.2 Å². The number of esters is 1. The quantitative estimate of drug-likeness (QED) is 0.579. The molecule has 1 aliphatic rings. The van der Waals surface area contributed by atoms with Crippen LogP contribution in [-0.4, -0.2) is 37.8 Å². The van der Waals surface area contributed by atoms with Crippen molar-refractivity contribution in [3.05, 3.63) is 50.7 Å². The minimum Gasteiger partial charge on any atom is -0.465 e. The molecule has 0 radical (unpaired) electrons. The molecule has 0 aliphatic carbocycles. The Bertz CT molecular complexity index is 1250. The van der Waals surface area contributed by atoms with Crippen LogP contribution < -0.4 is 16.1 Å². The number of imidazole rings is 1. The Hall–Kier alpha value is -3.36. The van der Waals surface area contributed by atoms with Gasteiger partial charge >= 0.3 is 11.7 Å². The van der Waals surface area contributed by atoms with Gasteiger partial charge in [-0.05, 0) is 37.0 Å². The van der Waals surface area contributed by atoms with Gasteiger partial charge in [0.15, 0.2) is 11.2 Å². The first-order chi connectivity index (χ1) is 14.8. The van der Waals surface area contributed by atoms with Crippen molar-refractivity contribution in [1.82, 2.24) is 18.7 Å². The number of aryl methyl sites for hydroxylation is 2. The molecule has 0 bridgehead atoms. The summed E-state index contributed by atoms with van der Waals surface area (Å²) in [5.41, 5.74) is 1.74. The largest absolute Gasteiger partial charge is 0.465 e.